The van der Waals surface area contributed by atoms with Crippen molar-refractivity contribution in [1.82, 2.24) is 10.2 Å². The Morgan fingerprint density at radius 3 is 2.00 bits per heavy atom. The number of aryl methyl sites for hydroxylation is 1. The van der Waals surface area contributed by atoms with E-state index in [-0.39, 0.29) is 24.8 Å². The van der Waals surface area contributed by atoms with Crippen molar-refractivity contribution in [2.45, 2.75) is 19.1 Å². The fourth-order valence-electron chi connectivity index (χ4n) is 2.30. The number of piperazine rings is 1. The average Bonchev–Trinajstić information content (AvgIpc) is 2.32. The minimum absolute atomic E-state index is 0. The van der Waals surface area contributed by atoms with Gasteiger partial charge in [-0.2, -0.15) is 13.2 Å². The van der Waals surface area contributed by atoms with Crippen molar-refractivity contribution in [3.63, 3.8) is 0 Å². The van der Waals surface area contributed by atoms with Crippen molar-refractivity contribution >= 4 is 24.8 Å². The number of nitrogens with zero attached hydrogens (tertiary/aromatic N) is 1. The van der Waals surface area contributed by atoms with E-state index in [1.165, 1.54) is 4.90 Å². The minimum atomic E-state index is -4.23. The van der Waals surface area contributed by atoms with Crippen LogP contribution in [0.3, 0.4) is 0 Å². The molecular formula is C13H19Cl2F3N2. The van der Waals surface area contributed by atoms with Crippen molar-refractivity contribution < 1.29 is 13.2 Å². The Kier molecular flexibility index (Phi) is 7.88. The van der Waals surface area contributed by atoms with Crippen molar-refractivity contribution in [2.24, 2.45) is 0 Å². The van der Waals surface area contributed by atoms with Crippen LogP contribution in [-0.2, 0) is 0 Å². The highest BCUT2D eigenvalue weighted by molar-refractivity contribution is 5.85. The monoisotopic (exact) mass is 330 g/mol. The lowest BCUT2D eigenvalue weighted by atomic mass is 10.0. The summed E-state index contributed by atoms with van der Waals surface area (Å²) in [6.45, 7) is 3.95. The van der Waals surface area contributed by atoms with Gasteiger partial charge in [0.1, 0.15) is 6.04 Å². The van der Waals surface area contributed by atoms with Crippen LogP contribution in [0.1, 0.15) is 17.2 Å². The van der Waals surface area contributed by atoms with Gasteiger partial charge in [-0.15, -0.1) is 24.8 Å². The average molecular weight is 331 g/mol. The van der Waals surface area contributed by atoms with Crippen LogP contribution < -0.4 is 5.32 Å². The lowest BCUT2D eigenvalue weighted by Crippen LogP contribution is -2.49. The Bertz CT molecular complexity index is 390. The maximum Gasteiger partial charge on any atom is 0.408 e. The van der Waals surface area contributed by atoms with E-state index in [9.17, 15) is 13.2 Å². The zero-order valence-electron chi connectivity index (χ0n) is 11.1. The second-order valence-corrected chi connectivity index (χ2v) is 4.64. The summed E-state index contributed by atoms with van der Waals surface area (Å²) in [5.74, 6) is 0. The molecule has 1 atom stereocenters. The smallest absolute Gasteiger partial charge is 0.314 e. The highest BCUT2D eigenvalue weighted by atomic mass is 35.5. The molecule has 0 radical (unpaired) electrons. The molecule has 0 aromatic heterocycles. The van der Waals surface area contributed by atoms with E-state index in [1.807, 2.05) is 6.92 Å². The van der Waals surface area contributed by atoms with E-state index < -0.39 is 12.2 Å². The normalized spacial score (nSPS) is 17.8. The fraction of sp³-hybridized carbons (Fsp3) is 0.538. The second-order valence-electron chi connectivity index (χ2n) is 4.64. The van der Waals surface area contributed by atoms with Crippen molar-refractivity contribution in [2.75, 3.05) is 26.2 Å². The summed E-state index contributed by atoms with van der Waals surface area (Å²) in [6.07, 6.45) is -4.23. The number of hydrogen-bond acceptors (Lipinski definition) is 2. The highest BCUT2D eigenvalue weighted by Gasteiger charge is 2.44. The Morgan fingerprint density at radius 1 is 1.05 bits per heavy atom. The molecule has 0 aliphatic carbocycles. The van der Waals surface area contributed by atoms with Crippen LogP contribution in [0.15, 0.2) is 24.3 Å². The first-order valence-electron chi connectivity index (χ1n) is 6.06. The Labute approximate surface area is 129 Å². The van der Waals surface area contributed by atoms with E-state index in [4.69, 9.17) is 0 Å². The van der Waals surface area contributed by atoms with E-state index in [0.717, 1.165) is 5.56 Å². The molecule has 0 amide bonds. The third-order valence-corrected chi connectivity index (χ3v) is 3.22. The van der Waals surface area contributed by atoms with E-state index in [2.05, 4.69) is 5.32 Å². The molecule has 1 aliphatic rings. The molecule has 1 saturated heterocycles. The predicted molar refractivity (Wildman–Crippen MR) is 78.9 cm³/mol. The van der Waals surface area contributed by atoms with Crippen LogP contribution in [0.25, 0.3) is 0 Å². The minimum Gasteiger partial charge on any atom is -0.314 e. The molecule has 1 aliphatic heterocycles. The Balaban J connectivity index is 0.00000180. The zero-order chi connectivity index (χ0) is 13.2. The van der Waals surface area contributed by atoms with Gasteiger partial charge in [-0.3, -0.25) is 4.90 Å². The second kappa shape index (κ2) is 8.08. The quantitative estimate of drug-likeness (QED) is 0.894. The molecule has 1 N–H and O–H groups in total. The zero-order valence-corrected chi connectivity index (χ0v) is 12.7. The molecule has 1 aromatic rings. The van der Waals surface area contributed by atoms with Gasteiger partial charge in [-0.25, -0.2) is 0 Å². The standard InChI is InChI=1S/C13H17F3N2.2ClH/c1-10-2-4-11(5-3-10)12(13(14,15)16)18-8-6-17-7-9-18;;/h2-5,12,17H,6-9H2,1H3;2*1H/t12-;;/m1../s1. The van der Waals surface area contributed by atoms with Crippen molar-refractivity contribution in [3.05, 3.63) is 35.4 Å². The summed E-state index contributed by atoms with van der Waals surface area (Å²) in [7, 11) is 0. The summed E-state index contributed by atoms with van der Waals surface area (Å²) < 4.78 is 39.7. The molecule has 0 spiro atoms. The number of alkyl halides is 3. The lowest BCUT2D eigenvalue weighted by Gasteiger charge is -2.36. The predicted octanol–water partition coefficient (Wildman–Crippen LogP) is 3.35. The van der Waals surface area contributed by atoms with Crippen LogP contribution in [-0.4, -0.2) is 37.3 Å². The summed E-state index contributed by atoms with van der Waals surface area (Å²) in [4.78, 5) is 1.50. The van der Waals surface area contributed by atoms with Crippen molar-refractivity contribution in [3.8, 4) is 0 Å². The van der Waals surface area contributed by atoms with Gasteiger partial charge in [0.2, 0.25) is 0 Å². The summed E-state index contributed by atoms with van der Waals surface area (Å²) in [5, 5.41) is 3.07. The summed E-state index contributed by atoms with van der Waals surface area (Å²) in [6, 6.07) is 5.14. The van der Waals surface area contributed by atoms with Crippen molar-refractivity contribution in [1.29, 1.82) is 0 Å². The van der Waals surface area contributed by atoms with Gasteiger partial charge in [0.05, 0.1) is 0 Å². The molecule has 0 saturated carbocycles. The summed E-state index contributed by atoms with van der Waals surface area (Å²) >= 11 is 0. The third-order valence-electron chi connectivity index (χ3n) is 3.22. The molecule has 7 heteroatoms. The third kappa shape index (κ3) is 4.81. The van der Waals surface area contributed by atoms with Gasteiger partial charge < -0.3 is 5.32 Å². The lowest BCUT2D eigenvalue weighted by molar-refractivity contribution is -0.187. The summed E-state index contributed by atoms with van der Waals surface area (Å²) in [5.41, 5.74) is 1.30. The van der Waals surface area contributed by atoms with E-state index >= 15 is 0 Å². The number of hydrogen-bond donors (Lipinski definition) is 1. The maximum atomic E-state index is 13.2. The van der Waals surface area contributed by atoms with Gasteiger partial charge in [-0.05, 0) is 12.5 Å². The Hall–Kier alpha value is -0.490. The molecule has 116 valence electrons. The van der Waals surface area contributed by atoms with Crippen LogP contribution in [0.4, 0.5) is 13.2 Å². The topological polar surface area (TPSA) is 15.3 Å². The molecule has 2 nitrogen and oxygen atoms in total. The molecule has 2 rings (SSSR count). The highest BCUT2D eigenvalue weighted by Crippen LogP contribution is 2.37. The largest absolute Gasteiger partial charge is 0.408 e. The van der Waals surface area contributed by atoms with Crippen LogP contribution in [0.2, 0.25) is 0 Å². The molecule has 0 bridgehead atoms. The number of halogens is 5. The van der Waals surface area contributed by atoms with Crippen LogP contribution in [0, 0.1) is 6.92 Å². The SMILES string of the molecule is Cc1ccc([C@@H](N2CCNCC2)C(F)(F)F)cc1.Cl.Cl. The van der Waals surface area contributed by atoms with E-state index in [0.29, 0.717) is 31.7 Å². The number of rotatable bonds is 2. The van der Waals surface area contributed by atoms with Crippen LogP contribution >= 0.6 is 24.8 Å². The van der Waals surface area contributed by atoms with E-state index in [1.54, 1.807) is 24.3 Å². The maximum absolute atomic E-state index is 13.2. The van der Waals surface area contributed by atoms with Gasteiger partial charge >= 0.3 is 6.18 Å². The first-order chi connectivity index (χ1) is 8.48. The molecule has 0 unspecified atom stereocenters. The Morgan fingerprint density at radius 2 is 1.55 bits per heavy atom. The van der Waals surface area contributed by atoms with Gasteiger partial charge in [0.15, 0.2) is 0 Å². The number of nitrogens with one attached hydrogen (secondary N) is 1. The molecule has 1 heterocycles. The number of benzene rings is 1. The first-order valence-corrected chi connectivity index (χ1v) is 6.06. The molecule has 1 aromatic carbocycles. The van der Waals surface area contributed by atoms with Crippen LogP contribution in [0.5, 0.6) is 0 Å². The van der Waals surface area contributed by atoms with Gasteiger partial charge in [-0.1, -0.05) is 29.8 Å². The van der Waals surface area contributed by atoms with Gasteiger partial charge in [0, 0.05) is 26.2 Å². The molecular weight excluding hydrogens is 312 g/mol. The first kappa shape index (κ1) is 19.5. The molecule has 20 heavy (non-hydrogen) atoms. The molecule has 1 fully saturated rings. The van der Waals surface area contributed by atoms with Gasteiger partial charge in [0.25, 0.3) is 0 Å². The fourth-order valence-corrected chi connectivity index (χ4v) is 2.30.